The van der Waals surface area contributed by atoms with Crippen molar-refractivity contribution in [1.82, 2.24) is 25.5 Å². The van der Waals surface area contributed by atoms with Crippen LogP contribution in [-0.2, 0) is 7.05 Å². The van der Waals surface area contributed by atoms with Crippen LogP contribution in [0.1, 0.15) is 13.8 Å². The molecule has 1 heterocycles. The molecule has 82 valence electrons. The van der Waals surface area contributed by atoms with E-state index in [1.807, 2.05) is 13.8 Å². The van der Waals surface area contributed by atoms with Gasteiger partial charge in [-0.1, -0.05) is 18.7 Å². The minimum absolute atomic E-state index is 0.536. The molecule has 0 aromatic carbocycles. The van der Waals surface area contributed by atoms with E-state index in [1.165, 1.54) is 11.8 Å². The maximum Gasteiger partial charge on any atom is 0.209 e. The smallest absolute Gasteiger partial charge is 0.209 e. The van der Waals surface area contributed by atoms with Crippen LogP contribution in [0.5, 0.6) is 0 Å². The molecule has 1 aromatic heterocycles. The van der Waals surface area contributed by atoms with E-state index in [0.717, 1.165) is 11.7 Å². The third-order valence-electron chi connectivity index (χ3n) is 1.88. The van der Waals surface area contributed by atoms with E-state index in [4.69, 9.17) is 5.26 Å². The Morgan fingerprint density at radius 2 is 2.40 bits per heavy atom. The molecule has 0 spiro atoms. The Labute approximate surface area is 93.0 Å². The minimum atomic E-state index is -0.536. The third-order valence-corrected chi connectivity index (χ3v) is 3.21. The zero-order valence-corrected chi connectivity index (χ0v) is 9.88. The predicted molar refractivity (Wildman–Crippen MR) is 57.2 cm³/mol. The molecule has 0 fully saturated rings. The van der Waals surface area contributed by atoms with Gasteiger partial charge in [0.1, 0.15) is 5.54 Å². The summed E-state index contributed by atoms with van der Waals surface area (Å²) >= 11 is 1.47. The lowest BCUT2D eigenvalue weighted by atomic mass is 10.1. The van der Waals surface area contributed by atoms with Crippen molar-refractivity contribution in [2.75, 3.05) is 12.3 Å². The van der Waals surface area contributed by atoms with Crippen LogP contribution in [0.4, 0.5) is 0 Å². The first-order valence-electron chi connectivity index (χ1n) is 4.63. The van der Waals surface area contributed by atoms with Crippen molar-refractivity contribution in [2.45, 2.75) is 24.5 Å². The molecule has 15 heavy (non-hydrogen) atoms. The molecule has 6 nitrogen and oxygen atoms in total. The molecule has 1 atom stereocenters. The van der Waals surface area contributed by atoms with Crippen molar-refractivity contribution in [3.63, 3.8) is 0 Å². The lowest BCUT2D eigenvalue weighted by molar-refractivity contribution is 0.510. The molecule has 0 saturated heterocycles. The Balaban J connectivity index is 2.56. The van der Waals surface area contributed by atoms with E-state index < -0.39 is 5.54 Å². The van der Waals surface area contributed by atoms with Gasteiger partial charge in [-0.05, 0) is 23.9 Å². The van der Waals surface area contributed by atoms with Crippen LogP contribution in [0.3, 0.4) is 0 Å². The second kappa shape index (κ2) is 5.09. The van der Waals surface area contributed by atoms with E-state index in [0.29, 0.717) is 5.75 Å². The van der Waals surface area contributed by atoms with Gasteiger partial charge in [-0.25, -0.2) is 4.68 Å². The van der Waals surface area contributed by atoms with Gasteiger partial charge in [-0.15, -0.1) is 5.10 Å². The van der Waals surface area contributed by atoms with Gasteiger partial charge in [0.05, 0.1) is 6.07 Å². The zero-order valence-electron chi connectivity index (χ0n) is 9.06. The van der Waals surface area contributed by atoms with E-state index >= 15 is 0 Å². The number of aryl methyl sites for hydroxylation is 1. The number of aromatic nitrogens is 4. The molecule has 0 radical (unpaired) electrons. The standard InChI is InChI=1S/C8H14N6S/c1-4-10-8(2,5-9)6-15-7-11-12-13-14(7)3/h10H,4,6H2,1-3H3. The highest BCUT2D eigenvalue weighted by Gasteiger charge is 2.23. The van der Waals surface area contributed by atoms with Crippen LogP contribution < -0.4 is 5.32 Å². The topological polar surface area (TPSA) is 79.4 Å². The summed E-state index contributed by atoms with van der Waals surface area (Å²) in [6.45, 7) is 4.61. The molecule has 1 N–H and O–H groups in total. The second-order valence-corrected chi connectivity index (χ2v) is 4.29. The van der Waals surface area contributed by atoms with Gasteiger partial charge in [-0.2, -0.15) is 5.26 Å². The first-order valence-corrected chi connectivity index (χ1v) is 5.61. The molecule has 1 aromatic rings. The van der Waals surface area contributed by atoms with Crippen LogP contribution in [0.25, 0.3) is 0 Å². The Hall–Kier alpha value is -1.13. The highest BCUT2D eigenvalue weighted by atomic mass is 32.2. The lowest BCUT2D eigenvalue weighted by Gasteiger charge is -2.21. The average Bonchev–Trinajstić information content (AvgIpc) is 2.62. The first kappa shape index (κ1) is 11.9. The van der Waals surface area contributed by atoms with Gasteiger partial charge in [-0.3, -0.25) is 5.32 Å². The number of hydrogen-bond donors (Lipinski definition) is 1. The molecule has 0 amide bonds. The van der Waals surface area contributed by atoms with Crippen LogP contribution in [0, 0.1) is 11.3 Å². The summed E-state index contributed by atoms with van der Waals surface area (Å²) in [4.78, 5) is 0. The highest BCUT2D eigenvalue weighted by molar-refractivity contribution is 7.99. The maximum atomic E-state index is 9.03. The van der Waals surface area contributed by atoms with Crippen molar-refractivity contribution < 1.29 is 0 Å². The number of tetrazole rings is 1. The quantitative estimate of drug-likeness (QED) is 0.722. The fraction of sp³-hybridized carbons (Fsp3) is 0.750. The summed E-state index contributed by atoms with van der Waals surface area (Å²) in [6, 6.07) is 2.25. The summed E-state index contributed by atoms with van der Waals surface area (Å²) in [7, 11) is 1.78. The molecular formula is C8H14N6S. The Bertz CT molecular complexity index is 356. The maximum absolute atomic E-state index is 9.03. The van der Waals surface area contributed by atoms with Crippen molar-refractivity contribution in [2.24, 2.45) is 7.05 Å². The number of thioether (sulfide) groups is 1. The molecule has 0 aliphatic heterocycles. The van der Waals surface area contributed by atoms with E-state index in [-0.39, 0.29) is 0 Å². The Morgan fingerprint density at radius 3 is 2.87 bits per heavy atom. The van der Waals surface area contributed by atoms with Crippen LogP contribution in [-0.4, -0.2) is 38.0 Å². The SMILES string of the molecule is CCNC(C)(C#N)CSc1nnnn1C. The number of nitrogens with one attached hydrogen (secondary N) is 1. The van der Waals surface area contributed by atoms with Gasteiger partial charge in [0.2, 0.25) is 5.16 Å². The van der Waals surface area contributed by atoms with Crippen molar-refractivity contribution in [3.05, 3.63) is 0 Å². The normalized spacial score (nSPS) is 14.5. The highest BCUT2D eigenvalue weighted by Crippen LogP contribution is 2.18. The molecule has 0 bridgehead atoms. The molecular weight excluding hydrogens is 212 g/mol. The Kier molecular flexibility index (Phi) is 4.05. The minimum Gasteiger partial charge on any atom is -0.299 e. The van der Waals surface area contributed by atoms with Gasteiger partial charge < -0.3 is 0 Å². The lowest BCUT2D eigenvalue weighted by Crippen LogP contribution is -2.43. The fourth-order valence-electron chi connectivity index (χ4n) is 1.07. The van der Waals surface area contributed by atoms with Crippen LogP contribution >= 0.6 is 11.8 Å². The van der Waals surface area contributed by atoms with Gasteiger partial charge >= 0.3 is 0 Å². The first-order chi connectivity index (χ1) is 7.11. The molecule has 0 aliphatic rings. The van der Waals surface area contributed by atoms with Gasteiger partial charge in [0.15, 0.2) is 0 Å². The summed E-state index contributed by atoms with van der Waals surface area (Å²) in [6.07, 6.45) is 0. The predicted octanol–water partition coefficient (Wildman–Crippen LogP) is 0.194. The fourth-order valence-corrected chi connectivity index (χ4v) is 1.97. The van der Waals surface area contributed by atoms with Crippen molar-refractivity contribution in [3.8, 4) is 6.07 Å². The zero-order chi connectivity index (χ0) is 11.3. The number of nitriles is 1. The summed E-state index contributed by atoms with van der Waals surface area (Å²) in [5.74, 6) is 0.617. The third kappa shape index (κ3) is 3.18. The summed E-state index contributed by atoms with van der Waals surface area (Å²) in [5.41, 5.74) is -0.536. The number of nitrogens with zero attached hydrogens (tertiary/aromatic N) is 5. The average molecular weight is 226 g/mol. The molecule has 0 aliphatic carbocycles. The molecule has 1 rings (SSSR count). The molecule has 1 unspecified atom stereocenters. The van der Waals surface area contributed by atoms with Crippen molar-refractivity contribution >= 4 is 11.8 Å². The van der Waals surface area contributed by atoms with Gasteiger partial charge in [0.25, 0.3) is 0 Å². The summed E-state index contributed by atoms with van der Waals surface area (Å²) in [5, 5.41) is 24.0. The summed E-state index contributed by atoms with van der Waals surface area (Å²) < 4.78 is 1.59. The van der Waals surface area contributed by atoms with Crippen LogP contribution in [0.15, 0.2) is 5.16 Å². The molecule has 0 saturated carbocycles. The number of rotatable bonds is 5. The largest absolute Gasteiger partial charge is 0.299 e. The van der Waals surface area contributed by atoms with Crippen LogP contribution in [0.2, 0.25) is 0 Å². The Morgan fingerprint density at radius 1 is 1.67 bits per heavy atom. The van der Waals surface area contributed by atoms with Crippen molar-refractivity contribution in [1.29, 1.82) is 5.26 Å². The second-order valence-electron chi connectivity index (χ2n) is 3.35. The monoisotopic (exact) mass is 226 g/mol. The van der Waals surface area contributed by atoms with Gasteiger partial charge in [0, 0.05) is 12.8 Å². The van der Waals surface area contributed by atoms with E-state index in [2.05, 4.69) is 26.9 Å². The van der Waals surface area contributed by atoms with E-state index in [9.17, 15) is 0 Å². The number of hydrogen-bond acceptors (Lipinski definition) is 6. The molecule has 7 heteroatoms. The van der Waals surface area contributed by atoms with E-state index in [1.54, 1.807) is 11.7 Å².